The van der Waals surface area contributed by atoms with E-state index in [4.69, 9.17) is 16.3 Å². The van der Waals surface area contributed by atoms with Crippen molar-refractivity contribution in [2.24, 2.45) is 0 Å². The van der Waals surface area contributed by atoms with Crippen molar-refractivity contribution in [2.75, 3.05) is 27.8 Å². The summed E-state index contributed by atoms with van der Waals surface area (Å²) < 4.78 is 11.3. The van der Waals surface area contributed by atoms with Gasteiger partial charge in [0.15, 0.2) is 5.69 Å². The fourth-order valence-corrected chi connectivity index (χ4v) is 2.43. The Bertz CT molecular complexity index is 856. The number of rotatable bonds is 3. The van der Waals surface area contributed by atoms with Crippen LogP contribution in [0.3, 0.4) is 0 Å². The van der Waals surface area contributed by atoms with E-state index in [1.807, 2.05) is 12.1 Å². The Balaban J connectivity index is 0.000000273. The summed E-state index contributed by atoms with van der Waals surface area (Å²) in [5.74, 6) is 2.30. The summed E-state index contributed by atoms with van der Waals surface area (Å²) >= 11 is 0. The molecule has 1 fully saturated rings. The number of likely N-dealkylation sites (N-methyl/N-ethyl adjacent to an activating group) is 1. The topological polar surface area (TPSA) is 93.9 Å². The average molecular weight is 371 g/mol. The Labute approximate surface area is 157 Å². The van der Waals surface area contributed by atoms with Crippen LogP contribution in [0.5, 0.6) is 5.88 Å². The number of terminal acetylenes is 1. The van der Waals surface area contributed by atoms with E-state index in [2.05, 4.69) is 15.8 Å². The van der Waals surface area contributed by atoms with Gasteiger partial charge < -0.3 is 19.5 Å². The molecule has 2 heterocycles. The van der Waals surface area contributed by atoms with E-state index < -0.39 is 12.1 Å². The molecular weight excluding hydrogens is 350 g/mol. The zero-order valence-electron chi connectivity index (χ0n) is 15.4. The summed E-state index contributed by atoms with van der Waals surface area (Å²) in [6.45, 7) is 0.694. The van der Waals surface area contributed by atoms with Crippen LogP contribution in [0.1, 0.15) is 22.5 Å². The zero-order chi connectivity index (χ0) is 20.0. The predicted molar refractivity (Wildman–Crippen MR) is 97.7 cm³/mol. The second-order valence-corrected chi connectivity index (χ2v) is 5.73. The van der Waals surface area contributed by atoms with Gasteiger partial charge in [-0.05, 0) is 24.6 Å². The molecule has 0 bridgehead atoms. The Morgan fingerprint density at radius 2 is 2.11 bits per heavy atom. The lowest BCUT2D eigenvalue weighted by atomic mass is 10.2. The van der Waals surface area contributed by atoms with E-state index in [-0.39, 0.29) is 11.6 Å². The molecule has 8 heteroatoms. The molecule has 1 atom stereocenters. The number of likely N-dealkylation sites (tertiary alicyclic amines) is 1. The standard InChI is InChI=1S/C14H12N2O3.C5H9NO2/c1-4-10-6-5-7-11(8-10)16-13(18-2)9-12(15-16)14(17)19-3;1-6-3-2-4(7)5(6)8/h1,5-9H,2-3H3;4,7H,2-3H2,1H3. The molecule has 27 heavy (non-hydrogen) atoms. The van der Waals surface area contributed by atoms with Gasteiger partial charge in [-0.1, -0.05) is 12.0 Å². The summed E-state index contributed by atoms with van der Waals surface area (Å²) in [6, 6.07) is 8.71. The normalized spacial score (nSPS) is 15.6. The maximum atomic E-state index is 11.5. The number of amides is 1. The third kappa shape index (κ3) is 4.65. The number of benzene rings is 1. The minimum atomic E-state index is -0.722. The number of ether oxygens (including phenoxy) is 2. The van der Waals surface area contributed by atoms with E-state index in [9.17, 15) is 9.59 Å². The highest BCUT2D eigenvalue weighted by Gasteiger charge is 2.26. The molecule has 1 N–H and O–H groups in total. The fraction of sp³-hybridized carbons (Fsp3) is 0.316. The lowest BCUT2D eigenvalue weighted by molar-refractivity contribution is -0.133. The van der Waals surface area contributed by atoms with Gasteiger partial charge in [-0.25, -0.2) is 9.48 Å². The molecule has 1 aliphatic heterocycles. The molecule has 1 aromatic carbocycles. The van der Waals surface area contributed by atoms with Gasteiger partial charge in [-0.2, -0.15) is 5.10 Å². The van der Waals surface area contributed by atoms with Crippen molar-refractivity contribution >= 4 is 11.9 Å². The van der Waals surface area contributed by atoms with Gasteiger partial charge in [0.05, 0.1) is 19.9 Å². The van der Waals surface area contributed by atoms with Crippen molar-refractivity contribution < 1.29 is 24.2 Å². The van der Waals surface area contributed by atoms with Gasteiger partial charge in [0.2, 0.25) is 5.88 Å². The lowest BCUT2D eigenvalue weighted by Gasteiger charge is -2.05. The molecule has 1 unspecified atom stereocenters. The number of hydrogen-bond donors (Lipinski definition) is 1. The van der Waals surface area contributed by atoms with Gasteiger partial charge in [-0.3, -0.25) is 4.79 Å². The molecule has 1 aliphatic rings. The highest BCUT2D eigenvalue weighted by Crippen LogP contribution is 2.20. The molecule has 1 saturated heterocycles. The van der Waals surface area contributed by atoms with Gasteiger partial charge in [-0.15, -0.1) is 6.42 Å². The van der Waals surface area contributed by atoms with Crippen LogP contribution in [0.25, 0.3) is 5.69 Å². The largest absolute Gasteiger partial charge is 0.481 e. The Morgan fingerprint density at radius 1 is 1.37 bits per heavy atom. The van der Waals surface area contributed by atoms with E-state index in [0.717, 1.165) is 5.56 Å². The minimum Gasteiger partial charge on any atom is -0.481 e. The molecule has 0 saturated carbocycles. The number of carbonyl (C=O) groups excluding carboxylic acids is 2. The van der Waals surface area contributed by atoms with Crippen molar-refractivity contribution in [1.82, 2.24) is 14.7 Å². The Kier molecular flexibility index (Phi) is 6.57. The van der Waals surface area contributed by atoms with Crippen LogP contribution >= 0.6 is 0 Å². The van der Waals surface area contributed by atoms with E-state index in [1.54, 1.807) is 19.2 Å². The molecule has 8 nitrogen and oxygen atoms in total. The number of carbonyl (C=O) groups is 2. The van der Waals surface area contributed by atoms with Crippen LogP contribution in [0.4, 0.5) is 0 Å². The monoisotopic (exact) mass is 371 g/mol. The SMILES string of the molecule is C#Cc1cccc(-n2nc(C(=O)OC)cc2OC)c1.CN1CCC(O)C1=O. The molecule has 0 spiro atoms. The highest BCUT2D eigenvalue weighted by atomic mass is 16.5. The van der Waals surface area contributed by atoms with Crippen LogP contribution in [0.15, 0.2) is 30.3 Å². The van der Waals surface area contributed by atoms with Crippen molar-refractivity contribution in [3.8, 4) is 23.9 Å². The number of aliphatic hydroxyl groups excluding tert-OH is 1. The van der Waals surface area contributed by atoms with Crippen molar-refractivity contribution in [3.63, 3.8) is 0 Å². The molecule has 2 aromatic rings. The van der Waals surface area contributed by atoms with Crippen LogP contribution < -0.4 is 4.74 Å². The second kappa shape index (κ2) is 8.87. The number of methoxy groups -OCH3 is 2. The molecule has 0 aliphatic carbocycles. The molecular formula is C19H21N3O5. The van der Waals surface area contributed by atoms with Gasteiger partial charge >= 0.3 is 5.97 Å². The van der Waals surface area contributed by atoms with Crippen LogP contribution in [0.2, 0.25) is 0 Å². The number of aromatic nitrogens is 2. The maximum absolute atomic E-state index is 11.5. The molecule has 1 amide bonds. The van der Waals surface area contributed by atoms with Crippen LogP contribution in [-0.2, 0) is 9.53 Å². The first-order chi connectivity index (χ1) is 12.9. The average Bonchev–Trinajstić information content (AvgIpc) is 3.27. The summed E-state index contributed by atoms with van der Waals surface area (Å²) in [5.41, 5.74) is 1.60. The van der Waals surface area contributed by atoms with Crippen molar-refractivity contribution in [2.45, 2.75) is 12.5 Å². The summed E-state index contributed by atoms with van der Waals surface area (Å²) in [5, 5.41) is 12.9. The van der Waals surface area contributed by atoms with Gasteiger partial charge in [0.25, 0.3) is 5.91 Å². The Hall–Kier alpha value is -3.31. The maximum Gasteiger partial charge on any atom is 0.358 e. The van der Waals surface area contributed by atoms with E-state index in [0.29, 0.717) is 24.5 Å². The van der Waals surface area contributed by atoms with E-state index in [1.165, 1.54) is 29.9 Å². The fourth-order valence-electron chi connectivity index (χ4n) is 2.43. The van der Waals surface area contributed by atoms with E-state index >= 15 is 0 Å². The number of hydrogen-bond acceptors (Lipinski definition) is 6. The molecule has 0 radical (unpaired) electrons. The van der Waals surface area contributed by atoms with Gasteiger partial charge in [0.1, 0.15) is 6.10 Å². The van der Waals surface area contributed by atoms with Crippen molar-refractivity contribution in [1.29, 1.82) is 0 Å². The highest BCUT2D eigenvalue weighted by molar-refractivity contribution is 5.87. The summed E-state index contributed by atoms with van der Waals surface area (Å²) in [6.07, 6.45) is 5.23. The van der Waals surface area contributed by atoms with Gasteiger partial charge in [0, 0.05) is 25.2 Å². The van der Waals surface area contributed by atoms with Crippen molar-refractivity contribution in [3.05, 3.63) is 41.6 Å². The first-order valence-corrected chi connectivity index (χ1v) is 8.13. The first kappa shape index (κ1) is 20.0. The zero-order valence-corrected chi connectivity index (χ0v) is 15.4. The first-order valence-electron chi connectivity index (χ1n) is 8.13. The predicted octanol–water partition coefficient (Wildman–Crippen LogP) is 0.858. The van der Waals surface area contributed by atoms with Crippen LogP contribution in [0, 0.1) is 12.3 Å². The Morgan fingerprint density at radius 3 is 2.59 bits per heavy atom. The smallest absolute Gasteiger partial charge is 0.358 e. The third-order valence-corrected chi connectivity index (χ3v) is 3.94. The quantitative estimate of drug-likeness (QED) is 0.635. The number of nitrogens with zero attached hydrogens (tertiary/aromatic N) is 3. The second-order valence-electron chi connectivity index (χ2n) is 5.73. The minimum absolute atomic E-state index is 0.148. The lowest BCUT2D eigenvalue weighted by Crippen LogP contribution is -2.24. The number of aliphatic hydroxyl groups is 1. The molecule has 1 aromatic heterocycles. The number of esters is 1. The summed E-state index contributed by atoms with van der Waals surface area (Å²) in [7, 11) is 4.49. The van der Waals surface area contributed by atoms with Crippen LogP contribution in [-0.4, -0.2) is 65.6 Å². The molecule has 3 rings (SSSR count). The molecule has 142 valence electrons. The third-order valence-electron chi connectivity index (χ3n) is 3.94. The summed E-state index contributed by atoms with van der Waals surface area (Å²) in [4.78, 5) is 23.6.